The van der Waals surface area contributed by atoms with Crippen molar-refractivity contribution in [3.63, 3.8) is 0 Å². The average Bonchev–Trinajstić information content (AvgIpc) is 3.15. The maximum absolute atomic E-state index is 13.8. The summed E-state index contributed by atoms with van der Waals surface area (Å²) in [6.07, 6.45) is 8.42. The van der Waals surface area contributed by atoms with Gasteiger partial charge in [0.05, 0.1) is 30.4 Å². The Morgan fingerprint density at radius 2 is 1.79 bits per heavy atom. The highest BCUT2D eigenvalue weighted by Gasteiger charge is 2.33. The van der Waals surface area contributed by atoms with Crippen LogP contribution in [0.15, 0.2) is 24.4 Å². The molecule has 1 aromatic heterocycles. The molecule has 0 radical (unpaired) electrons. The van der Waals surface area contributed by atoms with Crippen LogP contribution in [0.1, 0.15) is 56.1 Å². The van der Waals surface area contributed by atoms with Crippen molar-refractivity contribution in [3.05, 3.63) is 35.5 Å². The van der Waals surface area contributed by atoms with Crippen molar-refractivity contribution >= 4 is 39.0 Å². The Balaban J connectivity index is 1.12. The van der Waals surface area contributed by atoms with Gasteiger partial charge in [-0.05, 0) is 75.0 Å². The summed E-state index contributed by atoms with van der Waals surface area (Å²) < 4.78 is 26.7. The molecule has 2 fully saturated rings. The van der Waals surface area contributed by atoms with Crippen molar-refractivity contribution in [2.75, 3.05) is 36.1 Å². The van der Waals surface area contributed by atoms with Crippen LogP contribution in [0, 0.1) is 24.7 Å². The van der Waals surface area contributed by atoms with Crippen molar-refractivity contribution in [2.45, 2.75) is 58.4 Å². The van der Waals surface area contributed by atoms with Gasteiger partial charge < -0.3 is 15.5 Å². The molecular formula is C28H40N6O4S. The van der Waals surface area contributed by atoms with Gasteiger partial charge in [-0.3, -0.25) is 14.3 Å². The lowest BCUT2D eigenvalue weighted by Gasteiger charge is -2.32. The van der Waals surface area contributed by atoms with Crippen LogP contribution in [0.4, 0.5) is 17.2 Å². The Bertz CT molecular complexity index is 1320. The van der Waals surface area contributed by atoms with E-state index in [9.17, 15) is 18.0 Å². The lowest BCUT2D eigenvalue weighted by Crippen LogP contribution is -2.40. The fourth-order valence-corrected chi connectivity index (χ4v) is 7.07. The minimum atomic E-state index is -3.15. The number of rotatable bonds is 6. The highest BCUT2D eigenvalue weighted by molar-refractivity contribution is 7.88. The predicted molar refractivity (Wildman–Crippen MR) is 151 cm³/mol. The topological polar surface area (TPSA) is 117 Å². The number of carbonyl (C=O) groups excluding carboxylic acids is 2. The van der Waals surface area contributed by atoms with Gasteiger partial charge in [0.2, 0.25) is 21.8 Å². The van der Waals surface area contributed by atoms with Crippen LogP contribution in [-0.2, 0) is 33.2 Å². The number of carbonyl (C=O) groups is 2. The number of piperidine rings is 1. The molecule has 1 aliphatic carbocycles. The Morgan fingerprint density at radius 3 is 2.49 bits per heavy atom. The number of sulfonamides is 1. The molecule has 0 bridgehead atoms. The first kappa shape index (κ1) is 27.6. The smallest absolute Gasteiger partial charge is 0.230 e. The van der Waals surface area contributed by atoms with Crippen LogP contribution in [0.3, 0.4) is 0 Å². The van der Waals surface area contributed by atoms with Crippen molar-refractivity contribution in [1.82, 2.24) is 19.4 Å². The number of aryl methyl sites for hydroxylation is 2. The second kappa shape index (κ2) is 11.3. The molecule has 11 heteroatoms. The van der Waals surface area contributed by atoms with E-state index in [1.165, 1.54) is 10.6 Å². The molecule has 2 aromatic rings. The number of amides is 2. The number of hydrogen-bond acceptors (Lipinski definition) is 6. The number of hydrogen-bond donors (Lipinski definition) is 2. The van der Waals surface area contributed by atoms with Gasteiger partial charge in [-0.2, -0.15) is 5.10 Å². The monoisotopic (exact) mass is 556 g/mol. The van der Waals surface area contributed by atoms with E-state index in [2.05, 4.69) is 21.8 Å². The summed E-state index contributed by atoms with van der Waals surface area (Å²) >= 11 is 0. The largest absolute Gasteiger partial charge is 0.356 e. The molecule has 1 saturated carbocycles. The summed E-state index contributed by atoms with van der Waals surface area (Å²) in [5.74, 6) is 1.67. The standard InChI is InChI=1S/C28H40N6O4S/c1-19-4-9-25-24(14-19)31-27-23(17-30-32(27)2)18-34(25)28(36)22-7-5-21(6-8-22)16-29-26(35)15-20-10-12-33(13-11-20)39(3,37)38/h4,9,14,17,20-22,31H,5-8,10-13,15-16,18H2,1-3H3,(H,29,35). The minimum Gasteiger partial charge on any atom is -0.356 e. The van der Waals surface area contributed by atoms with E-state index in [0.29, 0.717) is 38.5 Å². The van der Waals surface area contributed by atoms with Crippen LogP contribution >= 0.6 is 0 Å². The zero-order valence-corrected chi connectivity index (χ0v) is 24.0. The van der Waals surface area contributed by atoms with E-state index in [-0.39, 0.29) is 23.7 Å². The molecular weight excluding hydrogens is 516 g/mol. The third-order valence-electron chi connectivity index (χ3n) is 8.61. The number of nitrogens with zero attached hydrogens (tertiary/aromatic N) is 4. The predicted octanol–water partition coefficient (Wildman–Crippen LogP) is 3.30. The van der Waals surface area contributed by atoms with Crippen molar-refractivity contribution in [3.8, 4) is 0 Å². The van der Waals surface area contributed by atoms with Gasteiger partial charge in [0.25, 0.3) is 0 Å². The van der Waals surface area contributed by atoms with E-state index >= 15 is 0 Å². The summed E-state index contributed by atoms with van der Waals surface area (Å²) in [5.41, 5.74) is 3.95. The maximum atomic E-state index is 13.8. The van der Waals surface area contributed by atoms with Crippen LogP contribution in [-0.4, -0.2) is 60.2 Å². The van der Waals surface area contributed by atoms with E-state index in [4.69, 9.17) is 0 Å². The molecule has 3 heterocycles. The van der Waals surface area contributed by atoms with Gasteiger partial charge in [-0.1, -0.05) is 6.07 Å². The zero-order valence-electron chi connectivity index (χ0n) is 23.1. The molecule has 2 aliphatic heterocycles. The lowest BCUT2D eigenvalue weighted by atomic mass is 9.81. The molecule has 2 amide bonds. The van der Waals surface area contributed by atoms with Crippen molar-refractivity contribution < 1.29 is 18.0 Å². The third-order valence-corrected chi connectivity index (χ3v) is 9.91. The van der Waals surface area contributed by atoms with Gasteiger partial charge in [0.15, 0.2) is 0 Å². The van der Waals surface area contributed by atoms with Crippen molar-refractivity contribution in [2.24, 2.45) is 24.8 Å². The normalized spacial score (nSPS) is 22.4. The molecule has 1 saturated heterocycles. The Kier molecular flexibility index (Phi) is 8.00. The molecule has 2 N–H and O–H groups in total. The average molecular weight is 557 g/mol. The molecule has 3 aliphatic rings. The van der Waals surface area contributed by atoms with Crippen LogP contribution in [0.5, 0.6) is 0 Å². The second-order valence-electron chi connectivity index (χ2n) is 11.5. The summed E-state index contributed by atoms with van der Waals surface area (Å²) in [6, 6.07) is 6.15. The number of aromatic nitrogens is 2. The first-order valence-corrected chi connectivity index (χ1v) is 15.8. The minimum absolute atomic E-state index is 0.0376. The molecule has 39 heavy (non-hydrogen) atoms. The number of nitrogens with one attached hydrogen (secondary N) is 2. The quantitative estimate of drug-likeness (QED) is 0.564. The van der Waals surface area contributed by atoms with Crippen LogP contribution in [0.25, 0.3) is 0 Å². The zero-order chi connectivity index (χ0) is 27.7. The summed E-state index contributed by atoms with van der Waals surface area (Å²) in [4.78, 5) is 28.3. The molecule has 0 unspecified atom stereocenters. The molecule has 1 aromatic carbocycles. The van der Waals surface area contributed by atoms with Gasteiger partial charge in [-0.15, -0.1) is 0 Å². The fraction of sp³-hybridized carbons (Fsp3) is 0.607. The fourth-order valence-electron chi connectivity index (χ4n) is 6.20. The Hall–Kier alpha value is -2.92. The SMILES string of the molecule is Cc1ccc2c(c1)Nc1c(cnn1C)CN2C(=O)C1CCC(CNC(=O)CC2CCN(S(C)(=O)=O)CC2)CC1. The second-order valence-corrected chi connectivity index (χ2v) is 13.5. The van der Waals surface area contributed by atoms with Gasteiger partial charge in [-0.25, -0.2) is 12.7 Å². The van der Waals surface area contributed by atoms with Crippen LogP contribution < -0.4 is 15.5 Å². The van der Waals surface area contributed by atoms with E-state index in [0.717, 1.165) is 66.8 Å². The molecule has 0 atom stereocenters. The number of fused-ring (bicyclic) bond motifs is 2. The Labute approximate surface area is 231 Å². The lowest BCUT2D eigenvalue weighted by molar-refractivity contribution is -0.124. The summed E-state index contributed by atoms with van der Waals surface area (Å²) in [5, 5.41) is 11.0. The molecule has 0 spiro atoms. The molecule has 10 nitrogen and oxygen atoms in total. The maximum Gasteiger partial charge on any atom is 0.230 e. The van der Waals surface area contributed by atoms with Gasteiger partial charge in [0.1, 0.15) is 5.82 Å². The third kappa shape index (κ3) is 6.30. The highest BCUT2D eigenvalue weighted by Crippen LogP contribution is 2.39. The highest BCUT2D eigenvalue weighted by atomic mass is 32.2. The first-order chi connectivity index (χ1) is 18.6. The summed E-state index contributed by atoms with van der Waals surface area (Å²) in [6.45, 7) is 4.16. The Morgan fingerprint density at radius 1 is 1.08 bits per heavy atom. The van der Waals surface area contributed by atoms with Gasteiger partial charge in [0, 0.05) is 44.6 Å². The molecule has 5 rings (SSSR count). The summed E-state index contributed by atoms with van der Waals surface area (Å²) in [7, 11) is -1.25. The molecule has 212 valence electrons. The van der Waals surface area contributed by atoms with E-state index in [1.54, 1.807) is 0 Å². The first-order valence-electron chi connectivity index (χ1n) is 14.0. The van der Waals surface area contributed by atoms with E-state index < -0.39 is 10.0 Å². The van der Waals surface area contributed by atoms with Gasteiger partial charge >= 0.3 is 0 Å². The number of benzene rings is 1. The van der Waals surface area contributed by atoms with Crippen molar-refractivity contribution in [1.29, 1.82) is 0 Å². The number of anilines is 3. The van der Waals surface area contributed by atoms with E-state index in [1.807, 2.05) is 41.9 Å². The van der Waals surface area contributed by atoms with Crippen LogP contribution in [0.2, 0.25) is 0 Å².